The lowest BCUT2D eigenvalue weighted by molar-refractivity contribution is -0.138. The summed E-state index contributed by atoms with van der Waals surface area (Å²) in [5.74, 6) is -1.23. The van der Waals surface area contributed by atoms with E-state index in [1.165, 1.54) is 23.1 Å². The number of carboxylic acid groups (broad SMARTS) is 1. The van der Waals surface area contributed by atoms with Crippen molar-refractivity contribution < 1.29 is 14.7 Å². The molecular weight excluding hydrogens is 392 g/mol. The van der Waals surface area contributed by atoms with Gasteiger partial charge in [-0.25, -0.2) is 4.98 Å². The fourth-order valence-electron chi connectivity index (χ4n) is 3.02. The van der Waals surface area contributed by atoms with Crippen LogP contribution < -0.4 is 5.73 Å². The van der Waals surface area contributed by atoms with Crippen molar-refractivity contribution in [3.63, 3.8) is 0 Å². The van der Waals surface area contributed by atoms with Crippen LogP contribution in [0.5, 0.6) is 0 Å². The Morgan fingerprint density at radius 3 is 2.54 bits per heavy atom. The maximum atomic E-state index is 13.4. The Morgan fingerprint density at radius 2 is 1.93 bits per heavy atom. The first-order valence-corrected chi connectivity index (χ1v) is 10.8. The number of hydrogen-bond donors (Lipinski definition) is 2. The molecule has 0 saturated heterocycles. The van der Waals surface area contributed by atoms with Crippen molar-refractivity contribution in [1.82, 2.24) is 4.98 Å². The summed E-state index contributed by atoms with van der Waals surface area (Å²) in [6.07, 6.45) is 3.61. The molecule has 0 saturated carbocycles. The summed E-state index contributed by atoms with van der Waals surface area (Å²) in [4.78, 5) is 28.9. The van der Waals surface area contributed by atoms with Gasteiger partial charge in [0.05, 0.1) is 5.25 Å². The van der Waals surface area contributed by atoms with Crippen LogP contribution in [0.15, 0.2) is 60.1 Å². The Morgan fingerprint density at radius 1 is 1.18 bits per heavy atom. The molecule has 0 spiro atoms. The molecule has 3 aromatic rings. The van der Waals surface area contributed by atoms with Crippen LogP contribution in [0.2, 0.25) is 0 Å². The monoisotopic (exact) mass is 412 g/mol. The predicted molar refractivity (Wildman–Crippen MR) is 115 cm³/mol. The number of nitrogens with zero attached hydrogens (tertiary/aromatic N) is 1. The van der Waals surface area contributed by atoms with Crippen molar-refractivity contribution in [1.29, 1.82) is 0 Å². The number of Topliss-reactive ketones (excluding diaryl/α,β-unsaturated/α-hetero) is 1. The second-order valence-corrected chi connectivity index (χ2v) is 8.14. The van der Waals surface area contributed by atoms with Gasteiger partial charge in [-0.3, -0.25) is 9.59 Å². The van der Waals surface area contributed by atoms with Crippen molar-refractivity contribution in [3.05, 3.63) is 65.7 Å². The van der Waals surface area contributed by atoms with E-state index in [1.807, 2.05) is 47.8 Å². The Hall–Kier alpha value is -2.48. The number of thiazole rings is 1. The van der Waals surface area contributed by atoms with Gasteiger partial charge in [0.2, 0.25) is 0 Å². The lowest BCUT2D eigenvalue weighted by Gasteiger charge is -2.19. The SMILES string of the molecule is CSC(CC(N)C(=O)O)C(=O)c1cccc(-c2nccs2)c1-c1ccccc1. The fraction of sp³-hybridized carbons (Fsp3) is 0.190. The maximum absolute atomic E-state index is 13.4. The standard InChI is InChI=1S/C21H20N2O3S2/c1-27-17(12-16(22)21(25)26)19(24)14-8-5-9-15(20-23-10-11-28-20)18(14)13-6-3-2-4-7-13/h2-11,16-17H,12,22H2,1H3,(H,25,26). The average molecular weight is 413 g/mol. The summed E-state index contributed by atoms with van der Waals surface area (Å²) < 4.78 is 0. The summed E-state index contributed by atoms with van der Waals surface area (Å²) in [7, 11) is 0. The summed E-state index contributed by atoms with van der Waals surface area (Å²) >= 11 is 2.83. The van der Waals surface area contributed by atoms with Gasteiger partial charge < -0.3 is 10.8 Å². The van der Waals surface area contributed by atoms with E-state index >= 15 is 0 Å². The van der Waals surface area contributed by atoms with Crippen molar-refractivity contribution >= 4 is 34.9 Å². The summed E-state index contributed by atoms with van der Waals surface area (Å²) in [6, 6.07) is 14.2. The van der Waals surface area contributed by atoms with E-state index in [4.69, 9.17) is 10.8 Å². The van der Waals surface area contributed by atoms with Gasteiger partial charge in [0.1, 0.15) is 11.0 Å². The number of nitrogens with two attached hydrogens (primary N) is 1. The minimum Gasteiger partial charge on any atom is -0.480 e. The number of carboxylic acids is 1. The van der Waals surface area contributed by atoms with Crippen LogP contribution in [0, 0.1) is 0 Å². The number of rotatable bonds is 8. The topological polar surface area (TPSA) is 93.3 Å². The molecule has 0 aliphatic rings. The minimum atomic E-state index is -1.10. The number of carbonyl (C=O) groups is 2. The van der Waals surface area contributed by atoms with Gasteiger partial charge in [0.15, 0.2) is 5.78 Å². The summed E-state index contributed by atoms with van der Waals surface area (Å²) in [6.45, 7) is 0. The first kappa shape index (κ1) is 20.3. The van der Waals surface area contributed by atoms with Crippen LogP contribution in [0.1, 0.15) is 16.8 Å². The van der Waals surface area contributed by atoms with Crippen LogP contribution >= 0.6 is 23.1 Å². The molecule has 0 amide bonds. The number of hydrogen-bond acceptors (Lipinski definition) is 6. The van der Waals surface area contributed by atoms with E-state index in [2.05, 4.69) is 4.98 Å². The molecule has 0 bridgehead atoms. The largest absolute Gasteiger partial charge is 0.480 e. The van der Waals surface area contributed by atoms with Crippen molar-refractivity contribution in [2.24, 2.45) is 5.73 Å². The first-order chi connectivity index (χ1) is 13.5. The quantitative estimate of drug-likeness (QED) is 0.539. The van der Waals surface area contributed by atoms with Crippen LogP contribution in [-0.2, 0) is 4.79 Å². The fourth-order valence-corrected chi connectivity index (χ4v) is 4.43. The number of ketones is 1. The third kappa shape index (κ3) is 4.32. The normalized spacial score (nSPS) is 13.1. The third-order valence-electron chi connectivity index (χ3n) is 4.42. The Labute approximate surface area is 171 Å². The van der Waals surface area contributed by atoms with Crippen LogP contribution in [0.25, 0.3) is 21.7 Å². The molecule has 2 aromatic carbocycles. The molecule has 144 valence electrons. The Balaban J connectivity index is 2.11. The zero-order chi connectivity index (χ0) is 20.1. The highest BCUT2D eigenvalue weighted by Crippen LogP contribution is 2.37. The smallest absolute Gasteiger partial charge is 0.320 e. The molecule has 7 heteroatoms. The molecule has 28 heavy (non-hydrogen) atoms. The molecule has 0 aliphatic heterocycles. The molecule has 3 rings (SSSR count). The van der Waals surface area contributed by atoms with E-state index < -0.39 is 17.3 Å². The second-order valence-electron chi connectivity index (χ2n) is 6.20. The minimum absolute atomic E-state index is 0.0744. The molecule has 5 nitrogen and oxygen atoms in total. The third-order valence-corrected chi connectivity index (χ3v) is 6.20. The lowest BCUT2D eigenvalue weighted by atomic mass is 9.90. The zero-order valence-corrected chi connectivity index (χ0v) is 16.9. The average Bonchev–Trinajstić information content (AvgIpc) is 3.26. The van der Waals surface area contributed by atoms with Crippen LogP contribution in [-0.4, -0.2) is 39.4 Å². The van der Waals surface area contributed by atoms with E-state index in [1.54, 1.807) is 18.5 Å². The molecule has 0 radical (unpaired) electrons. The highest BCUT2D eigenvalue weighted by atomic mass is 32.2. The van der Waals surface area contributed by atoms with Gasteiger partial charge in [-0.2, -0.15) is 11.8 Å². The molecule has 2 unspecified atom stereocenters. The number of thioether (sulfide) groups is 1. The highest BCUT2D eigenvalue weighted by molar-refractivity contribution is 8.00. The summed E-state index contributed by atoms with van der Waals surface area (Å²) in [5, 5.41) is 11.3. The molecule has 1 heterocycles. The molecule has 0 aliphatic carbocycles. The van der Waals surface area contributed by atoms with Gasteiger partial charge in [-0.15, -0.1) is 11.3 Å². The lowest BCUT2D eigenvalue weighted by Crippen LogP contribution is -2.35. The summed E-state index contributed by atoms with van der Waals surface area (Å²) in [5.41, 5.74) is 8.85. The van der Waals surface area contributed by atoms with Gasteiger partial charge in [0.25, 0.3) is 0 Å². The predicted octanol–water partition coefficient (Wildman–Crippen LogP) is 4.19. The van der Waals surface area contributed by atoms with E-state index in [0.717, 1.165) is 21.7 Å². The Kier molecular flexibility index (Phi) is 6.61. The van der Waals surface area contributed by atoms with Crippen molar-refractivity contribution in [2.45, 2.75) is 17.7 Å². The van der Waals surface area contributed by atoms with Gasteiger partial charge in [0, 0.05) is 28.3 Å². The van der Waals surface area contributed by atoms with E-state index in [-0.39, 0.29) is 12.2 Å². The molecule has 3 N–H and O–H groups in total. The van der Waals surface area contributed by atoms with E-state index in [9.17, 15) is 9.59 Å². The number of aliphatic carboxylic acids is 1. The molecular formula is C21H20N2O3S2. The zero-order valence-electron chi connectivity index (χ0n) is 15.2. The number of benzene rings is 2. The van der Waals surface area contributed by atoms with Crippen LogP contribution in [0.4, 0.5) is 0 Å². The van der Waals surface area contributed by atoms with Crippen LogP contribution in [0.3, 0.4) is 0 Å². The van der Waals surface area contributed by atoms with E-state index in [0.29, 0.717) is 5.56 Å². The number of carbonyl (C=O) groups excluding carboxylic acids is 1. The maximum Gasteiger partial charge on any atom is 0.320 e. The molecule has 2 atom stereocenters. The van der Waals surface area contributed by atoms with Crippen molar-refractivity contribution in [2.75, 3.05) is 6.26 Å². The van der Waals surface area contributed by atoms with Crippen molar-refractivity contribution in [3.8, 4) is 21.7 Å². The Bertz CT molecular complexity index is 959. The molecule has 1 aromatic heterocycles. The highest BCUT2D eigenvalue weighted by Gasteiger charge is 2.28. The van der Waals surface area contributed by atoms with Gasteiger partial charge in [-0.05, 0) is 18.2 Å². The first-order valence-electron chi connectivity index (χ1n) is 8.66. The molecule has 0 fully saturated rings. The number of aromatic nitrogens is 1. The van der Waals surface area contributed by atoms with Gasteiger partial charge >= 0.3 is 5.97 Å². The second kappa shape index (κ2) is 9.14. The van der Waals surface area contributed by atoms with Gasteiger partial charge in [-0.1, -0.05) is 48.5 Å².